The Hall–Kier alpha value is -3.14. The van der Waals surface area contributed by atoms with Crippen molar-refractivity contribution in [2.24, 2.45) is 0 Å². The number of aryl methyl sites for hydroxylation is 3. The Morgan fingerprint density at radius 3 is 2.37 bits per heavy atom. The standard InChI is InChI=1S/C26H31N3O5S/c1-18-4-5-19(2)25(16-18)35(31,32)28-22-9-7-21(8-10-22)26(30)27-17-23(24-11-6-20(3)34-24)29-12-14-33-15-13-29/h4-11,16,23,28H,12-15,17H2,1-3H3,(H,27,30)/t23-/m0/s1. The van der Waals surface area contributed by atoms with Gasteiger partial charge in [-0.3, -0.25) is 14.4 Å². The number of nitrogens with one attached hydrogen (secondary N) is 2. The highest BCUT2D eigenvalue weighted by Crippen LogP contribution is 2.24. The van der Waals surface area contributed by atoms with Crippen LogP contribution in [0.4, 0.5) is 5.69 Å². The van der Waals surface area contributed by atoms with Crippen LogP contribution in [0.15, 0.2) is 63.9 Å². The molecule has 2 heterocycles. The fourth-order valence-electron chi connectivity index (χ4n) is 4.12. The second-order valence-corrected chi connectivity index (χ2v) is 10.4. The highest BCUT2D eigenvalue weighted by molar-refractivity contribution is 7.92. The molecule has 0 unspecified atom stereocenters. The third-order valence-electron chi connectivity index (χ3n) is 6.06. The molecule has 1 aromatic heterocycles. The van der Waals surface area contributed by atoms with Crippen molar-refractivity contribution in [3.05, 3.63) is 82.8 Å². The first-order valence-corrected chi connectivity index (χ1v) is 13.1. The summed E-state index contributed by atoms with van der Waals surface area (Å²) in [4.78, 5) is 15.3. The van der Waals surface area contributed by atoms with E-state index in [1.807, 2.05) is 32.0 Å². The van der Waals surface area contributed by atoms with E-state index in [0.29, 0.717) is 36.6 Å². The first-order valence-electron chi connectivity index (χ1n) is 11.6. The fourth-order valence-corrected chi connectivity index (χ4v) is 5.51. The minimum absolute atomic E-state index is 0.0970. The van der Waals surface area contributed by atoms with Crippen molar-refractivity contribution in [3.8, 4) is 0 Å². The molecule has 0 aliphatic carbocycles. The molecule has 4 rings (SSSR count). The lowest BCUT2D eigenvalue weighted by molar-refractivity contribution is 0.0117. The van der Waals surface area contributed by atoms with Gasteiger partial charge in [-0.05, 0) is 74.4 Å². The van der Waals surface area contributed by atoms with E-state index in [9.17, 15) is 13.2 Å². The molecule has 1 atom stereocenters. The zero-order valence-electron chi connectivity index (χ0n) is 20.2. The number of hydrogen-bond donors (Lipinski definition) is 2. The van der Waals surface area contributed by atoms with E-state index in [-0.39, 0.29) is 16.8 Å². The smallest absolute Gasteiger partial charge is 0.262 e. The topological polar surface area (TPSA) is 101 Å². The summed E-state index contributed by atoms with van der Waals surface area (Å²) in [6.45, 7) is 8.69. The average Bonchev–Trinajstić information content (AvgIpc) is 3.27. The summed E-state index contributed by atoms with van der Waals surface area (Å²) < 4.78 is 39.6. The number of ether oxygens (including phenoxy) is 1. The highest BCUT2D eigenvalue weighted by Gasteiger charge is 2.26. The molecule has 0 radical (unpaired) electrons. The molecule has 0 bridgehead atoms. The third-order valence-corrected chi connectivity index (χ3v) is 7.59. The van der Waals surface area contributed by atoms with Gasteiger partial charge in [-0.15, -0.1) is 0 Å². The molecule has 2 aromatic carbocycles. The number of nitrogens with zero attached hydrogens (tertiary/aromatic N) is 1. The average molecular weight is 498 g/mol. The van der Waals surface area contributed by atoms with Crippen LogP contribution in [0.2, 0.25) is 0 Å². The third kappa shape index (κ3) is 6.11. The quantitative estimate of drug-likeness (QED) is 0.491. The Bertz CT molecular complexity index is 1280. The van der Waals surface area contributed by atoms with Gasteiger partial charge in [0.25, 0.3) is 15.9 Å². The summed E-state index contributed by atoms with van der Waals surface area (Å²) in [6, 6.07) is 15.5. The SMILES string of the molecule is Cc1ccc(C)c(S(=O)(=O)Nc2ccc(C(=O)NC[C@@H](c3ccc(C)o3)N3CCOCC3)cc2)c1. The number of amides is 1. The van der Waals surface area contributed by atoms with Crippen molar-refractivity contribution in [2.45, 2.75) is 31.7 Å². The predicted molar refractivity (Wildman–Crippen MR) is 134 cm³/mol. The zero-order valence-corrected chi connectivity index (χ0v) is 21.0. The summed E-state index contributed by atoms with van der Waals surface area (Å²) in [5, 5.41) is 2.99. The normalized spacial score (nSPS) is 15.5. The molecular weight excluding hydrogens is 466 g/mol. The first kappa shape index (κ1) is 25.0. The van der Waals surface area contributed by atoms with Crippen molar-refractivity contribution in [3.63, 3.8) is 0 Å². The van der Waals surface area contributed by atoms with Crippen LogP contribution < -0.4 is 10.0 Å². The Kier molecular flexibility index (Phi) is 7.59. The maximum absolute atomic E-state index is 12.8. The van der Waals surface area contributed by atoms with Crippen LogP contribution in [0.3, 0.4) is 0 Å². The maximum Gasteiger partial charge on any atom is 0.262 e. The molecule has 0 saturated carbocycles. The summed E-state index contributed by atoms with van der Waals surface area (Å²) in [5.41, 5.74) is 2.36. The summed E-state index contributed by atoms with van der Waals surface area (Å²) in [7, 11) is -3.74. The molecule has 186 valence electrons. The molecule has 3 aromatic rings. The van der Waals surface area contributed by atoms with Crippen molar-refractivity contribution >= 4 is 21.6 Å². The van der Waals surface area contributed by atoms with Gasteiger partial charge in [-0.1, -0.05) is 12.1 Å². The lowest BCUT2D eigenvalue weighted by Crippen LogP contribution is -2.43. The van der Waals surface area contributed by atoms with E-state index in [4.69, 9.17) is 9.15 Å². The van der Waals surface area contributed by atoms with Gasteiger partial charge in [0, 0.05) is 30.9 Å². The highest BCUT2D eigenvalue weighted by atomic mass is 32.2. The van der Waals surface area contributed by atoms with Gasteiger partial charge in [0.05, 0.1) is 24.2 Å². The lowest BCUT2D eigenvalue weighted by Gasteiger charge is -2.33. The molecule has 1 aliphatic heterocycles. The molecule has 1 aliphatic rings. The molecule has 1 fully saturated rings. The van der Waals surface area contributed by atoms with Gasteiger partial charge in [0.1, 0.15) is 11.5 Å². The molecule has 0 spiro atoms. The zero-order chi connectivity index (χ0) is 25.0. The molecule has 2 N–H and O–H groups in total. The fraction of sp³-hybridized carbons (Fsp3) is 0.346. The summed E-state index contributed by atoms with van der Waals surface area (Å²) in [6.07, 6.45) is 0. The monoisotopic (exact) mass is 497 g/mol. The van der Waals surface area contributed by atoms with Crippen molar-refractivity contribution in [1.82, 2.24) is 10.2 Å². The molecule has 1 saturated heterocycles. The molecule has 1 amide bonds. The number of morpholine rings is 1. The van der Waals surface area contributed by atoms with Crippen LogP contribution in [0, 0.1) is 20.8 Å². The van der Waals surface area contributed by atoms with E-state index >= 15 is 0 Å². The van der Waals surface area contributed by atoms with E-state index in [1.165, 1.54) is 0 Å². The summed E-state index contributed by atoms with van der Waals surface area (Å²) in [5.74, 6) is 1.39. The Morgan fingerprint density at radius 2 is 1.71 bits per heavy atom. The number of rotatable bonds is 8. The van der Waals surface area contributed by atoms with Gasteiger partial charge in [-0.25, -0.2) is 8.42 Å². The van der Waals surface area contributed by atoms with Crippen LogP contribution in [-0.2, 0) is 14.8 Å². The lowest BCUT2D eigenvalue weighted by atomic mass is 10.1. The van der Waals surface area contributed by atoms with E-state index in [1.54, 1.807) is 43.3 Å². The van der Waals surface area contributed by atoms with Crippen molar-refractivity contribution in [2.75, 3.05) is 37.6 Å². The second kappa shape index (κ2) is 10.6. The van der Waals surface area contributed by atoms with Crippen LogP contribution in [0.1, 0.15) is 39.0 Å². The van der Waals surface area contributed by atoms with E-state index in [2.05, 4.69) is 14.9 Å². The van der Waals surface area contributed by atoms with Crippen molar-refractivity contribution in [1.29, 1.82) is 0 Å². The largest absolute Gasteiger partial charge is 0.465 e. The Labute approximate surface area is 206 Å². The first-order chi connectivity index (χ1) is 16.7. The van der Waals surface area contributed by atoms with Crippen LogP contribution in [0.5, 0.6) is 0 Å². The minimum atomic E-state index is -3.74. The van der Waals surface area contributed by atoms with Crippen LogP contribution in [-0.4, -0.2) is 52.1 Å². The number of furan rings is 1. The number of hydrogen-bond acceptors (Lipinski definition) is 6. The Balaban J connectivity index is 1.42. The molecule has 8 nitrogen and oxygen atoms in total. The molecular formula is C26H31N3O5S. The Morgan fingerprint density at radius 1 is 1.00 bits per heavy atom. The number of benzene rings is 2. The van der Waals surface area contributed by atoms with Crippen molar-refractivity contribution < 1.29 is 22.4 Å². The number of anilines is 1. The van der Waals surface area contributed by atoms with E-state index in [0.717, 1.165) is 30.2 Å². The molecule has 9 heteroatoms. The van der Waals surface area contributed by atoms with Gasteiger partial charge in [-0.2, -0.15) is 0 Å². The maximum atomic E-state index is 12.8. The molecule has 35 heavy (non-hydrogen) atoms. The second-order valence-electron chi connectivity index (χ2n) is 8.77. The van der Waals surface area contributed by atoms with Crippen LogP contribution >= 0.6 is 0 Å². The number of carbonyl (C=O) groups is 1. The van der Waals surface area contributed by atoms with Gasteiger partial charge in [0.15, 0.2) is 0 Å². The van der Waals surface area contributed by atoms with Gasteiger partial charge < -0.3 is 14.5 Å². The van der Waals surface area contributed by atoms with Gasteiger partial charge in [0.2, 0.25) is 0 Å². The number of carbonyl (C=O) groups excluding carboxylic acids is 1. The van der Waals surface area contributed by atoms with E-state index < -0.39 is 10.0 Å². The van der Waals surface area contributed by atoms with Gasteiger partial charge >= 0.3 is 0 Å². The van der Waals surface area contributed by atoms with Crippen LogP contribution in [0.25, 0.3) is 0 Å². The number of sulfonamides is 1. The minimum Gasteiger partial charge on any atom is -0.465 e. The summed E-state index contributed by atoms with van der Waals surface area (Å²) >= 11 is 0. The predicted octanol–water partition coefficient (Wildman–Crippen LogP) is 3.81.